The summed E-state index contributed by atoms with van der Waals surface area (Å²) in [5, 5.41) is 3.80. The van der Waals surface area contributed by atoms with Crippen LogP contribution in [0.1, 0.15) is 5.56 Å². The van der Waals surface area contributed by atoms with Gasteiger partial charge in [-0.25, -0.2) is 0 Å². The summed E-state index contributed by atoms with van der Waals surface area (Å²) in [4.78, 5) is 11.7. The first-order chi connectivity index (χ1) is 10.6. The quantitative estimate of drug-likeness (QED) is 0.634. The van der Waals surface area contributed by atoms with Crippen molar-refractivity contribution in [2.45, 2.75) is 0 Å². The molecule has 22 heavy (non-hydrogen) atoms. The van der Waals surface area contributed by atoms with Crippen LogP contribution < -0.4 is 10.1 Å². The maximum absolute atomic E-state index is 11.7. The molecule has 0 fully saturated rings. The van der Waals surface area contributed by atoms with Crippen LogP contribution in [-0.2, 0) is 4.79 Å². The summed E-state index contributed by atoms with van der Waals surface area (Å²) in [7, 11) is 0. The highest BCUT2D eigenvalue weighted by molar-refractivity contribution is 6.35. The van der Waals surface area contributed by atoms with Crippen LogP contribution in [0.5, 0.6) is 5.75 Å². The molecule has 0 heterocycles. The molecule has 114 valence electrons. The predicted molar refractivity (Wildman–Crippen MR) is 90.4 cm³/mol. The normalized spacial score (nSPS) is 10.6. The minimum Gasteiger partial charge on any atom is -0.492 e. The van der Waals surface area contributed by atoms with Crippen LogP contribution in [-0.4, -0.2) is 19.1 Å². The van der Waals surface area contributed by atoms with Gasteiger partial charge in [0, 0.05) is 16.1 Å². The van der Waals surface area contributed by atoms with E-state index in [0.717, 1.165) is 11.3 Å². The number of rotatable bonds is 6. The van der Waals surface area contributed by atoms with Crippen molar-refractivity contribution in [2.24, 2.45) is 0 Å². The van der Waals surface area contributed by atoms with E-state index in [0.29, 0.717) is 23.2 Å². The Balaban J connectivity index is 1.74. The van der Waals surface area contributed by atoms with Crippen LogP contribution >= 0.6 is 23.2 Å². The Hall–Kier alpha value is -1.97. The number of ether oxygens (including phenoxy) is 1. The number of para-hydroxylation sites is 1. The van der Waals surface area contributed by atoms with Crippen LogP contribution in [0.25, 0.3) is 6.08 Å². The molecule has 1 N–H and O–H groups in total. The monoisotopic (exact) mass is 335 g/mol. The summed E-state index contributed by atoms with van der Waals surface area (Å²) in [6, 6.07) is 14.6. The summed E-state index contributed by atoms with van der Waals surface area (Å²) in [5.41, 5.74) is 0.738. The van der Waals surface area contributed by atoms with E-state index < -0.39 is 0 Å². The summed E-state index contributed by atoms with van der Waals surface area (Å²) >= 11 is 11.8. The van der Waals surface area contributed by atoms with Gasteiger partial charge in [-0.2, -0.15) is 0 Å². The van der Waals surface area contributed by atoms with Gasteiger partial charge in [-0.05, 0) is 35.9 Å². The molecule has 0 aliphatic carbocycles. The molecular formula is C17H15Cl2NO2. The largest absolute Gasteiger partial charge is 0.492 e. The van der Waals surface area contributed by atoms with E-state index in [1.165, 1.54) is 6.08 Å². The standard InChI is InChI=1S/C17H15Cl2NO2/c18-14-8-6-13(16(19)12-14)7-9-17(21)20-10-11-22-15-4-2-1-3-5-15/h1-9,12H,10-11H2,(H,20,21)/b9-7+. The van der Waals surface area contributed by atoms with Crippen LogP contribution in [0.2, 0.25) is 10.0 Å². The van der Waals surface area contributed by atoms with Crippen molar-refractivity contribution in [3.63, 3.8) is 0 Å². The molecule has 0 spiro atoms. The third-order valence-corrected chi connectivity index (χ3v) is 3.35. The number of amides is 1. The average Bonchev–Trinajstić information content (AvgIpc) is 2.52. The first-order valence-corrected chi connectivity index (χ1v) is 7.49. The molecule has 2 aromatic rings. The summed E-state index contributed by atoms with van der Waals surface area (Å²) in [6.45, 7) is 0.831. The van der Waals surface area contributed by atoms with E-state index in [1.807, 2.05) is 30.3 Å². The number of hydrogen-bond donors (Lipinski definition) is 1. The Morgan fingerprint density at radius 3 is 2.64 bits per heavy atom. The minimum atomic E-state index is -0.206. The topological polar surface area (TPSA) is 38.3 Å². The van der Waals surface area contributed by atoms with E-state index in [2.05, 4.69) is 5.32 Å². The Bertz CT molecular complexity index is 657. The van der Waals surface area contributed by atoms with Gasteiger partial charge in [-0.15, -0.1) is 0 Å². The fraction of sp³-hybridized carbons (Fsp3) is 0.118. The third-order valence-electron chi connectivity index (χ3n) is 2.79. The molecule has 2 aromatic carbocycles. The molecule has 0 saturated carbocycles. The van der Waals surface area contributed by atoms with Crippen molar-refractivity contribution < 1.29 is 9.53 Å². The zero-order valence-corrected chi connectivity index (χ0v) is 13.3. The molecule has 0 atom stereocenters. The van der Waals surface area contributed by atoms with Gasteiger partial charge >= 0.3 is 0 Å². The van der Waals surface area contributed by atoms with Gasteiger partial charge in [-0.3, -0.25) is 4.79 Å². The molecule has 0 radical (unpaired) electrons. The van der Waals surface area contributed by atoms with E-state index in [1.54, 1.807) is 24.3 Å². The van der Waals surface area contributed by atoms with Gasteiger partial charge in [0.1, 0.15) is 12.4 Å². The highest BCUT2D eigenvalue weighted by Gasteiger charge is 1.99. The fourth-order valence-corrected chi connectivity index (χ4v) is 2.19. The summed E-state index contributed by atoms with van der Waals surface area (Å²) < 4.78 is 5.48. The van der Waals surface area contributed by atoms with Crippen molar-refractivity contribution in [3.05, 3.63) is 70.2 Å². The summed E-state index contributed by atoms with van der Waals surface area (Å²) in [6.07, 6.45) is 3.07. The number of carbonyl (C=O) groups excluding carboxylic acids is 1. The smallest absolute Gasteiger partial charge is 0.244 e. The van der Waals surface area contributed by atoms with Crippen molar-refractivity contribution in [1.82, 2.24) is 5.32 Å². The highest BCUT2D eigenvalue weighted by Crippen LogP contribution is 2.21. The molecule has 3 nitrogen and oxygen atoms in total. The van der Waals surface area contributed by atoms with Crippen molar-refractivity contribution in [1.29, 1.82) is 0 Å². The van der Waals surface area contributed by atoms with Gasteiger partial charge in [0.25, 0.3) is 0 Å². The Kier molecular flexibility index (Phi) is 6.31. The van der Waals surface area contributed by atoms with Crippen molar-refractivity contribution >= 4 is 35.2 Å². The lowest BCUT2D eigenvalue weighted by Crippen LogP contribution is -2.26. The van der Waals surface area contributed by atoms with Gasteiger partial charge in [0.15, 0.2) is 0 Å². The van der Waals surface area contributed by atoms with Gasteiger partial charge < -0.3 is 10.1 Å². The summed E-state index contributed by atoms with van der Waals surface area (Å²) in [5.74, 6) is 0.572. The van der Waals surface area contributed by atoms with E-state index >= 15 is 0 Å². The second-order valence-electron chi connectivity index (χ2n) is 4.45. The zero-order valence-electron chi connectivity index (χ0n) is 11.8. The lowest BCUT2D eigenvalue weighted by Gasteiger charge is -2.06. The molecule has 5 heteroatoms. The molecule has 0 saturated heterocycles. The highest BCUT2D eigenvalue weighted by atomic mass is 35.5. The Morgan fingerprint density at radius 1 is 1.14 bits per heavy atom. The molecule has 0 unspecified atom stereocenters. The maximum atomic E-state index is 11.7. The molecular weight excluding hydrogens is 321 g/mol. The third kappa shape index (κ3) is 5.43. The van der Waals surface area contributed by atoms with Crippen molar-refractivity contribution in [2.75, 3.05) is 13.2 Å². The SMILES string of the molecule is O=C(/C=C/c1ccc(Cl)cc1Cl)NCCOc1ccccc1. The van der Waals surface area contributed by atoms with Crippen LogP contribution in [0.3, 0.4) is 0 Å². The fourth-order valence-electron chi connectivity index (χ4n) is 1.72. The zero-order chi connectivity index (χ0) is 15.8. The molecule has 0 aliphatic rings. The number of nitrogens with one attached hydrogen (secondary N) is 1. The lowest BCUT2D eigenvalue weighted by atomic mass is 10.2. The van der Waals surface area contributed by atoms with Crippen LogP contribution in [0.4, 0.5) is 0 Å². The van der Waals surface area contributed by atoms with Crippen molar-refractivity contribution in [3.8, 4) is 5.75 Å². The van der Waals surface area contributed by atoms with E-state index in [4.69, 9.17) is 27.9 Å². The lowest BCUT2D eigenvalue weighted by molar-refractivity contribution is -0.116. The Labute approximate surface area is 139 Å². The molecule has 0 aliphatic heterocycles. The van der Waals surface area contributed by atoms with Crippen LogP contribution in [0.15, 0.2) is 54.6 Å². The molecule has 0 aromatic heterocycles. The number of benzene rings is 2. The second-order valence-corrected chi connectivity index (χ2v) is 5.30. The number of hydrogen-bond acceptors (Lipinski definition) is 2. The van der Waals surface area contributed by atoms with E-state index in [9.17, 15) is 4.79 Å². The van der Waals surface area contributed by atoms with Gasteiger partial charge in [0.2, 0.25) is 5.91 Å². The maximum Gasteiger partial charge on any atom is 0.244 e. The second kappa shape index (κ2) is 8.47. The predicted octanol–water partition coefficient (Wildman–Crippen LogP) is 4.20. The Morgan fingerprint density at radius 2 is 1.91 bits per heavy atom. The molecule has 1 amide bonds. The first kappa shape index (κ1) is 16.4. The minimum absolute atomic E-state index is 0.206. The number of halogens is 2. The first-order valence-electron chi connectivity index (χ1n) is 6.74. The van der Waals surface area contributed by atoms with E-state index in [-0.39, 0.29) is 5.91 Å². The molecule has 2 rings (SSSR count). The number of carbonyl (C=O) groups is 1. The van der Waals surface area contributed by atoms with Gasteiger partial charge in [0.05, 0.1) is 6.54 Å². The van der Waals surface area contributed by atoms with Gasteiger partial charge in [-0.1, -0.05) is 47.5 Å². The molecule has 0 bridgehead atoms. The average molecular weight is 336 g/mol. The van der Waals surface area contributed by atoms with Crippen LogP contribution in [0, 0.1) is 0 Å².